The molecule has 6 nitrogen and oxygen atoms in total. The first-order chi connectivity index (χ1) is 9.30. The second kappa shape index (κ2) is 7.34. The van der Waals surface area contributed by atoms with Crippen molar-refractivity contribution in [2.75, 3.05) is 26.8 Å². The molecule has 0 amide bonds. The Kier molecular flexibility index (Phi) is 6.37. The lowest BCUT2D eigenvalue weighted by Gasteiger charge is -2.17. The summed E-state index contributed by atoms with van der Waals surface area (Å²) in [5.74, 6) is -1.15. The van der Waals surface area contributed by atoms with Crippen molar-refractivity contribution in [3.05, 3.63) is 27.3 Å². The molecule has 0 bridgehead atoms. The number of sulfonamides is 1. The van der Waals surface area contributed by atoms with Gasteiger partial charge in [0.15, 0.2) is 0 Å². The van der Waals surface area contributed by atoms with Gasteiger partial charge in [-0.3, -0.25) is 0 Å². The van der Waals surface area contributed by atoms with Crippen LogP contribution in [-0.4, -0.2) is 50.6 Å². The van der Waals surface area contributed by atoms with Crippen molar-refractivity contribution in [1.29, 1.82) is 0 Å². The van der Waals surface area contributed by atoms with Crippen LogP contribution in [0, 0.1) is 3.57 Å². The number of halogens is 1. The molecule has 0 saturated heterocycles. The van der Waals surface area contributed by atoms with E-state index in [-0.39, 0.29) is 17.0 Å². The van der Waals surface area contributed by atoms with E-state index in [1.165, 1.54) is 25.2 Å². The highest BCUT2D eigenvalue weighted by Gasteiger charge is 2.22. The molecule has 1 aromatic carbocycles. The Morgan fingerprint density at radius 3 is 2.65 bits per heavy atom. The Morgan fingerprint density at radius 2 is 2.10 bits per heavy atom. The summed E-state index contributed by atoms with van der Waals surface area (Å²) in [6, 6.07) is 4.06. The third-order valence-corrected chi connectivity index (χ3v) is 5.42. The number of hydrogen-bond acceptors (Lipinski definition) is 4. The van der Waals surface area contributed by atoms with Crippen LogP contribution in [0.5, 0.6) is 0 Å². The first kappa shape index (κ1) is 17.3. The van der Waals surface area contributed by atoms with Crippen LogP contribution in [0.3, 0.4) is 0 Å². The van der Waals surface area contributed by atoms with Gasteiger partial charge in [-0.05, 0) is 47.7 Å². The number of ether oxygens (including phenoxy) is 1. The largest absolute Gasteiger partial charge is 0.478 e. The van der Waals surface area contributed by atoms with E-state index in [9.17, 15) is 13.2 Å². The fourth-order valence-electron chi connectivity index (χ4n) is 1.47. The predicted molar refractivity (Wildman–Crippen MR) is 82.4 cm³/mol. The smallest absolute Gasteiger partial charge is 0.336 e. The molecule has 0 aromatic heterocycles. The van der Waals surface area contributed by atoms with Gasteiger partial charge < -0.3 is 9.84 Å². The lowest BCUT2D eigenvalue weighted by molar-refractivity contribution is 0.0695. The Balaban J connectivity index is 3.03. The molecule has 0 spiro atoms. The van der Waals surface area contributed by atoms with Gasteiger partial charge in [-0.15, -0.1) is 0 Å². The Bertz CT molecular complexity index is 588. The van der Waals surface area contributed by atoms with Crippen LogP contribution in [0.1, 0.15) is 17.3 Å². The minimum Gasteiger partial charge on any atom is -0.478 e. The molecule has 8 heteroatoms. The molecular formula is C12H16INO5S. The molecule has 0 atom stereocenters. The number of carbonyl (C=O) groups is 1. The summed E-state index contributed by atoms with van der Waals surface area (Å²) in [6.45, 7) is 2.85. The Labute approximate surface area is 131 Å². The van der Waals surface area contributed by atoms with E-state index in [1.807, 2.05) is 29.5 Å². The highest BCUT2D eigenvalue weighted by molar-refractivity contribution is 14.1. The average Bonchev–Trinajstić information content (AvgIpc) is 2.38. The summed E-state index contributed by atoms with van der Waals surface area (Å²) >= 11 is 1.86. The maximum atomic E-state index is 12.3. The molecule has 0 fully saturated rings. The standard InChI is InChI=1S/C12H16INO5S/c1-3-19-7-6-14(2)20(17,18)9-4-5-11(13)10(8-9)12(15)16/h4-5,8H,3,6-7H2,1-2H3,(H,15,16). The molecular weight excluding hydrogens is 397 g/mol. The normalized spacial score (nSPS) is 11.8. The van der Waals surface area contributed by atoms with Crippen LogP contribution in [0.2, 0.25) is 0 Å². The molecule has 0 aliphatic rings. The second-order valence-electron chi connectivity index (χ2n) is 3.97. The maximum absolute atomic E-state index is 12.3. The molecule has 1 N–H and O–H groups in total. The molecule has 0 unspecified atom stereocenters. The summed E-state index contributed by atoms with van der Waals surface area (Å²) in [6.07, 6.45) is 0. The summed E-state index contributed by atoms with van der Waals surface area (Å²) in [5.41, 5.74) is -0.0233. The number of benzene rings is 1. The zero-order valence-corrected chi connectivity index (χ0v) is 14.1. The topological polar surface area (TPSA) is 83.9 Å². The van der Waals surface area contributed by atoms with Gasteiger partial charge in [0.05, 0.1) is 17.1 Å². The first-order valence-corrected chi connectivity index (χ1v) is 8.39. The van der Waals surface area contributed by atoms with Gasteiger partial charge in [-0.2, -0.15) is 4.31 Å². The first-order valence-electron chi connectivity index (χ1n) is 5.87. The summed E-state index contributed by atoms with van der Waals surface area (Å²) in [4.78, 5) is 11.0. The van der Waals surface area contributed by atoms with Gasteiger partial charge in [0.25, 0.3) is 0 Å². The number of likely N-dealkylation sites (N-methyl/N-ethyl adjacent to an activating group) is 1. The monoisotopic (exact) mass is 413 g/mol. The third kappa shape index (κ3) is 4.14. The molecule has 0 saturated carbocycles. The van der Waals surface area contributed by atoms with E-state index < -0.39 is 16.0 Å². The Morgan fingerprint density at radius 1 is 1.45 bits per heavy atom. The number of rotatable bonds is 7. The summed E-state index contributed by atoms with van der Waals surface area (Å²) in [5, 5.41) is 9.03. The van der Waals surface area contributed by atoms with E-state index in [0.717, 1.165) is 4.31 Å². The number of carboxylic acid groups (broad SMARTS) is 1. The minimum atomic E-state index is -3.71. The van der Waals surface area contributed by atoms with Crippen molar-refractivity contribution < 1.29 is 23.1 Å². The van der Waals surface area contributed by atoms with Crippen molar-refractivity contribution in [2.45, 2.75) is 11.8 Å². The molecule has 1 rings (SSSR count). The summed E-state index contributed by atoms with van der Waals surface area (Å²) in [7, 11) is -2.27. The quantitative estimate of drug-likeness (QED) is 0.543. The van der Waals surface area contributed by atoms with Crippen LogP contribution in [0.25, 0.3) is 0 Å². The van der Waals surface area contributed by atoms with Crippen molar-refractivity contribution in [1.82, 2.24) is 4.31 Å². The van der Waals surface area contributed by atoms with E-state index >= 15 is 0 Å². The van der Waals surface area contributed by atoms with E-state index in [4.69, 9.17) is 9.84 Å². The number of aromatic carboxylic acids is 1. The van der Waals surface area contributed by atoms with Gasteiger partial charge >= 0.3 is 5.97 Å². The van der Waals surface area contributed by atoms with Crippen molar-refractivity contribution in [2.24, 2.45) is 0 Å². The molecule has 0 heterocycles. The maximum Gasteiger partial charge on any atom is 0.336 e. The lowest BCUT2D eigenvalue weighted by atomic mass is 10.2. The second-order valence-corrected chi connectivity index (χ2v) is 7.18. The molecule has 20 heavy (non-hydrogen) atoms. The van der Waals surface area contributed by atoms with Crippen molar-refractivity contribution >= 4 is 38.6 Å². The van der Waals surface area contributed by atoms with Gasteiger partial charge in [0.2, 0.25) is 10.0 Å². The Hall–Kier alpha value is -0.710. The van der Waals surface area contributed by atoms with Crippen molar-refractivity contribution in [3.8, 4) is 0 Å². The van der Waals surface area contributed by atoms with Gasteiger partial charge in [0.1, 0.15) is 0 Å². The number of hydrogen-bond donors (Lipinski definition) is 1. The third-order valence-electron chi connectivity index (χ3n) is 2.63. The van der Waals surface area contributed by atoms with Crippen LogP contribution in [0.4, 0.5) is 0 Å². The van der Waals surface area contributed by atoms with Crippen LogP contribution in [0.15, 0.2) is 23.1 Å². The van der Waals surface area contributed by atoms with Gasteiger partial charge in [-0.1, -0.05) is 0 Å². The fraction of sp³-hybridized carbons (Fsp3) is 0.417. The molecule has 112 valence electrons. The molecule has 0 aliphatic carbocycles. The average molecular weight is 413 g/mol. The minimum absolute atomic E-state index is 0.0233. The van der Waals surface area contributed by atoms with E-state index in [0.29, 0.717) is 16.8 Å². The van der Waals surface area contributed by atoms with Gasteiger partial charge in [0, 0.05) is 23.8 Å². The van der Waals surface area contributed by atoms with Crippen molar-refractivity contribution in [3.63, 3.8) is 0 Å². The number of nitrogens with zero attached hydrogens (tertiary/aromatic N) is 1. The molecule has 0 radical (unpaired) electrons. The SMILES string of the molecule is CCOCCN(C)S(=O)(=O)c1ccc(I)c(C(=O)O)c1. The predicted octanol–water partition coefficient (Wildman–Crippen LogP) is 1.65. The van der Waals surface area contributed by atoms with Crippen LogP contribution in [-0.2, 0) is 14.8 Å². The molecule has 1 aromatic rings. The fourth-order valence-corrected chi connectivity index (χ4v) is 3.21. The lowest BCUT2D eigenvalue weighted by Crippen LogP contribution is -2.30. The van der Waals surface area contributed by atoms with Gasteiger partial charge in [-0.25, -0.2) is 13.2 Å². The highest BCUT2D eigenvalue weighted by Crippen LogP contribution is 2.20. The zero-order chi connectivity index (χ0) is 15.3. The van der Waals surface area contributed by atoms with E-state index in [1.54, 1.807) is 0 Å². The van der Waals surface area contributed by atoms with Crippen LogP contribution >= 0.6 is 22.6 Å². The summed E-state index contributed by atoms with van der Waals surface area (Å²) < 4.78 is 31.3. The molecule has 0 aliphatic heterocycles. The van der Waals surface area contributed by atoms with Crippen LogP contribution < -0.4 is 0 Å². The van der Waals surface area contributed by atoms with E-state index in [2.05, 4.69) is 0 Å². The number of carboxylic acids is 1. The highest BCUT2D eigenvalue weighted by atomic mass is 127. The zero-order valence-electron chi connectivity index (χ0n) is 11.2.